The first-order chi connectivity index (χ1) is 13.4. The molecule has 0 aliphatic carbocycles. The molecule has 11 heteroatoms. The molecule has 5 nitrogen and oxygen atoms in total. The Morgan fingerprint density at radius 1 is 1.21 bits per heavy atom. The highest BCUT2D eigenvalue weighted by atomic mass is 32.2. The van der Waals surface area contributed by atoms with E-state index in [0.29, 0.717) is 19.7 Å². The highest BCUT2D eigenvalue weighted by Gasteiger charge is 2.10. The van der Waals surface area contributed by atoms with Gasteiger partial charge in [0.15, 0.2) is 8.29 Å². The number of alkyl halides is 2. The maximum atomic E-state index is 13.0. The number of ether oxygens (including phenoxy) is 1. The number of rotatable bonds is 7. The zero-order chi connectivity index (χ0) is 20.1. The van der Waals surface area contributed by atoms with Crippen molar-refractivity contribution in [1.29, 1.82) is 0 Å². The molecule has 1 N–H and O–H groups in total. The molecule has 0 aliphatic heterocycles. The first-order valence-electron chi connectivity index (χ1n) is 7.74. The van der Waals surface area contributed by atoms with Crippen molar-refractivity contribution in [2.75, 3.05) is 11.1 Å². The number of hydrogen-bond donors (Lipinski definition) is 1. The maximum absolute atomic E-state index is 13.0. The smallest absolute Gasteiger partial charge is 0.387 e. The van der Waals surface area contributed by atoms with Crippen LogP contribution in [-0.2, 0) is 4.79 Å². The van der Waals surface area contributed by atoms with Crippen molar-refractivity contribution in [1.82, 2.24) is 9.78 Å². The summed E-state index contributed by atoms with van der Waals surface area (Å²) in [6.07, 6.45) is 0. The van der Waals surface area contributed by atoms with Gasteiger partial charge in [0.2, 0.25) is 5.91 Å². The number of carbonyl (C=O) groups excluding carboxylic acids is 1. The SMILES string of the molecule is O=C(CSc1nn(-c2ccc(F)cc2)c(=S)s1)Nc1ccc(OC(F)F)cc1. The zero-order valence-corrected chi connectivity index (χ0v) is 16.4. The molecule has 0 atom stereocenters. The Labute approximate surface area is 171 Å². The molecule has 2 aromatic carbocycles. The number of hydrogen-bond acceptors (Lipinski definition) is 6. The van der Waals surface area contributed by atoms with E-state index in [1.165, 1.54) is 64.2 Å². The Bertz CT molecular complexity index is 1000. The minimum Gasteiger partial charge on any atom is -0.435 e. The lowest BCUT2D eigenvalue weighted by Gasteiger charge is -2.07. The maximum Gasteiger partial charge on any atom is 0.387 e. The van der Waals surface area contributed by atoms with Crippen LogP contribution in [0.1, 0.15) is 0 Å². The second-order valence-electron chi connectivity index (χ2n) is 5.26. The molecule has 0 saturated carbocycles. The summed E-state index contributed by atoms with van der Waals surface area (Å²) >= 11 is 7.70. The van der Waals surface area contributed by atoms with E-state index in [9.17, 15) is 18.0 Å². The van der Waals surface area contributed by atoms with Crippen LogP contribution >= 0.6 is 35.3 Å². The Hall–Kier alpha value is -2.37. The number of amides is 1. The van der Waals surface area contributed by atoms with Crippen molar-refractivity contribution >= 4 is 46.9 Å². The number of anilines is 1. The largest absolute Gasteiger partial charge is 0.435 e. The van der Waals surface area contributed by atoms with Gasteiger partial charge in [-0.15, -0.1) is 5.10 Å². The molecule has 3 aromatic rings. The monoisotopic (exact) mass is 443 g/mol. The summed E-state index contributed by atoms with van der Waals surface area (Å²) in [7, 11) is 0. The van der Waals surface area contributed by atoms with Crippen LogP contribution in [0.15, 0.2) is 52.9 Å². The van der Waals surface area contributed by atoms with Crippen LogP contribution in [0.2, 0.25) is 0 Å². The van der Waals surface area contributed by atoms with Gasteiger partial charge in [-0.1, -0.05) is 23.1 Å². The summed E-state index contributed by atoms with van der Waals surface area (Å²) in [6, 6.07) is 11.4. The van der Waals surface area contributed by atoms with Crippen LogP contribution in [0.5, 0.6) is 5.75 Å². The van der Waals surface area contributed by atoms with Crippen molar-refractivity contribution in [3.63, 3.8) is 0 Å². The molecule has 28 heavy (non-hydrogen) atoms. The molecule has 0 radical (unpaired) electrons. The van der Waals surface area contributed by atoms with Crippen LogP contribution < -0.4 is 10.1 Å². The van der Waals surface area contributed by atoms with Crippen LogP contribution in [0, 0.1) is 9.77 Å². The fraction of sp³-hybridized carbons (Fsp3) is 0.118. The molecule has 0 unspecified atom stereocenters. The minimum atomic E-state index is -2.90. The molecule has 0 bridgehead atoms. The standard InChI is InChI=1S/C17H12F3N3O2S3/c18-10-1-5-12(6-2-10)23-17(26)28-16(22-23)27-9-14(24)21-11-3-7-13(8-4-11)25-15(19)20/h1-8,15H,9H2,(H,21,24). The van der Waals surface area contributed by atoms with Gasteiger partial charge >= 0.3 is 6.61 Å². The third kappa shape index (κ3) is 5.57. The van der Waals surface area contributed by atoms with Crippen LogP contribution in [0.4, 0.5) is 18.9 Å². The minimum absolute atomic E-state index is 0.00785. The molecule has 1 aromatic heterocycles. The van der Waals surface area contributed by atoms with Crippen molar-refractivity contribution in [2.45, 2.75) is 11.0 Å². The number of carbonyl (C=O) groups is 1. The quantitative estimate of drug-likeness (QED) is 0.405. The lowest BCUT2D eigenvalue weighted by atomic mass is 10.3. The number of thioether (sulfide) groups is 1. The Morgan fingerprint density at radius 3 is 2.54 bits per heavy atom. The predicted molar refractivity (Wildman–Crippen MR) is 105 cm³/mol. The summed E-state index contributed by atoms with van der Waals surface area (Å²) < 4.78 is 44.1. The van der Waals surface area contributed by atoms with Gasteiger partial charge in [0, 0.05) is 5.69 Å². The first kappa shape index (κ1) is 20.4. The Balaban J connectivity index is 1.57. The average Bonchev–Trinajstić information content (AvgIpc) is 3.03. The summed E-state index contributed by atoms with van der Waals surface area (Å²) in [5.74, 6) is -0.554. The first-order valence-corrected chi connectivity index (χ1v) is 9.95. The van der Waals surface area contributed by atoms with Crippen molar-refractivity contribution in [3.05, 3.63) is 58.3 Å². The van der Waals surface area contributed by atoms with Crippen molar-refractivity contribution in [2.24, 2.45) is 0 Å². The molecule has 0 saturated heterocycles. The third-order valence-electron chi connectivity index (χ3n) is 3.29. The fourth-order valence-electron chi connectivity index (χ4n) is 2.11. The second-order valence-corrected chi connectivity index (χ2v) is 8.11. The summed E-state index contributed by atoms with van der Waals surface area (Å²) in [4.78, 5) is 12.1. The van der Waals surface area contributed by atoms with Gasteiger partial charge in [-0.25, -0.2) is 9.07 Å². The van der Waals surface area contributed by atoms with Gasteiger partial charge in [0.05, 0.1) is 11.4 Å². The molecular formula is C17H12F3N3O2S3. The molecule has 3 rings (SSSR count). The van der Waals surface area contributed by atoms with Crippen LogP contribution in [0.25, 0.3) is 5.69 Å². The van der Waals surface area contributed by atoms with Crippen molar-refractivity contribution in [3.8, 4) is 11.4 Å². The number of nitrogens with one attached hydrogen (secondary N) is 1. The normalized spacial score (nSPS) is 10.9. The molecule has 0 spiro atoms. The Morgan fingerprint density at radius 2 is 1.89 bits per heavy atom. The van der Waals surface area contributed by atoms with Crippen LogP contribution in [-0.4, -0.2) is 28.1 Å². The van der Waals surface area contributed by atoms with E-state index in [2.05, 4.69) is 15.2 Å². The van der Waals surface area contributed by atoms with E-state index in [1.54, 1.807) is 12.1 Å². The molecule has 146 valence electrons. The molecule has 1 amide bonds. The Kier molecular flexibility index (Phi) is 6.70. The second kappa shape index (κ2) is 9.22. The number of aromatic nitrogens is 2. The van der Waals surface area contributed by atoms with Gasteiger partial charge in [0.1, 0.15) is 11.6 Å². The van der Waals surface area contributed by atoms with Gasteiger partial charge in [-0.2, -0.15) is 8.78 Å². The molecule has 0 fully saturated rings. The topological polar surface area (TPSA) is 56.2 Å². The van der Waals surface area contributed by atoms with Gasteiger partial charge in [-0.3, -0.25) is 4.79 Å². The number of nitrogens with zero attached hydrogens (tertiary/aromatic N) is 2. The van der Waals surface area contributed by atoms with Gasteiger partial charge in [0.25, 0.3) is 0 Å². The summed E-state index contributed by atoms with van der Waals surface area (Å²) in [6.45, 7) is -2.90. The van der Waals surface area contributed by atoms with Crippen LogP contribution in [0.3, 0.4) is 0 Å². The number of halogens is 3. The summed E-state index contributed by atoms with van der Waals surface area (Å²) in [5.41, 5.74) is 1.08. The van der Waals surface area contributed by atoms with E-state index in [-0.39, 0.29) is 23.2 Å². The average molecular weight is 443 g/mol. The predicted octanol–water partition coefficient (Wildman–Crippen LogP) is 5.13. The van der Waals surface area contributed by atoms with Gasteiger partial charge in [-0.05, 0) is 60.7 Å². The molecule has 1 heterocycles. The highest BCUT2D eigenvalue weighted by Crippen LogP contribution is 2.24. The van der Waals surface area contributed by atoms with E-state index >= 15 is 0 Å². The lowest BCUT2D eigenvalue weighted by molar-refractivity contribution is -0.113. The van der Waals surface area contributed by atoms with E-state index in [4.69, 9.17) is 12.2 Å². The van der Waals surface area contributed by atoms with Crippen molar-refractivity contribution < 1.29 is 22.7 Å². The third-order valence-corrected chi connectivity index (χ3v) is 5.66. The molecular weight excluding hydrogens is 431 g/mol. The number of benzene rings is 2. The highest BCUT2D eigenvalue weighted by molar-refractivity contribution is 8.01. The molecule has 0 aliphatic rings. The van der Waals surface area contributed by atoms with E-state index < -0.39 is 6.61 Å². The van der Waals surface area contributed by atoms with E-state index in [1.807, 2.05) is 0 Å². The lowest BCUT2D eigenvalue weighted by Crippen LogP contribution is -2.14. The zero-order valence-electron chi connectivity index (χ0n) is 14.0. The van der Waals surface area contributed by atoms with Gasteiger partial charge < -0.3 is 10.1 Å². The van der Waals surface area contributed by atoms with E-state index in [0.717, 1.165) is 0 Å². The summed E-state index contributed by atoms with van der Waals surface area (Å²) in [5, 5.41) is 6.98. The fourth-order valence-corrected chi connectivity index (χ4v) is 4.27.